The van der Waals surface area contributed by atoms with Crippen molar-refractivity contribution in [1.29, 1.82) is 0 Å². The Morgan fingerprint density at radius 2 is 1.89 bits per heavy atom. The SMILES string of the molecule is CCNC(=NCCCN(CC)c1ccccc1)NC1CCN(C(C)C)CC1. The number of para-hydroxylation sites is 1. The van der Waals surface area contributed by atoms with Gasteiger partial charge in [0.25, 0.3) is 0 Å². The van der Waals surface area contributed by atoms with Gasteiger partial charge in [-0.05, 0) is 59.1 Å². The highest BCUT2D eigenvalue weighted by molar-refractivity contribution is 5.80. The van der Waals surface area contributed by atoms with Gasteiger partial charge < -0.3 is 20.4 Å². The highest BCUT2D eigenvalue weighted by atomic mass is 15.2. The van der Waals surface area contributed by atoms with Crippen LogP contribution < -0.4 is 15.5 Å². The van der Waals surface area contributed by atoms with Crippen molar-refractivity contribution in [3.8, 4) is 0 Å². The van der Waals surface area contributed by atoms with Crippen LogP contribution in [-0.2, 0) is 0 Å². The van der Waals surface area contributed by atoms with Gasteiger partial charge >= 0.3 is 0 Å². The monoisotopic (exact) mass is 373 g/mol. The molecule has 0 aliphatic carbocycles. The minimum absolute atomic E-state index is 0.536. The number of hydrogen-bond acceptors (Lipinski definition) is 3. The maximum absolute atomic E-state index is 4.82. The number of likely N-dealkylation sites (tertiary alicyclic amines) is 1. The van der Waals surface area contributed by atoms with Gasteiger partial charge in [0.1, 0.15) is 0 Å². The Labute approximate surface area is 166 Å². The predicted octanol–water partition coefficient (Wildman–Crippen LogP) is 3.33. The molecule has 0 radical (unpaired) electrons. The van der Waals surface area contributed by atoms with E-state index in [-0.39, 0.29) is 0 Å². The molecule has 2 rings (SSSR count). The van der Waals surface area contributed by atoms with E-state index in [0.29, 0.717) is 12.1 Å². The van der Waals surface area contributed by atoms with Crippen molar-refractivity contribution in [2.75, 3.05) is 44.2 Å². The molecule has 0 unspecified atom stereocenters. The van der Waals surface area contributed by atoms with Gasteiger partial charge in [0.15, 0.2) is 5.96 Å². The van der Waals surface area contributed by atoms with Crippen LogP contribution >= 0.6 is 0 Å². The molecule has 0 amide bonds. The average molecular weight is 374 g/mol. The van der Waals surface area contributed by atoms with Crippen LogP contribution in [0.5, 0.6) is 0 Å². The molecule has 2 N–H and O–H groups in total. The van der Waals surface area contributed by atoms with Gasteiger partial charge in [0.2, 0.25) is 0 Å². The molecule has 1 aromatic rings. The number of guanidine groups is 1. The second kappa shape index (κ2) is 11.9. The Bertz CT molecular complexity index is 535. The summed E-state index contributed by atoms with van der Waals surface area (Å²) in [7, 11) is 0. The first-order chi connectivity index (χ1) is 13.1. The molecule has 0 bridgehead atoms. The zero-order valence-corrected chi connectivity index (χ0v) is 17.7. The number of aliphatic imine (C=N–C) groups is 1. The van der Waals surface area contributed by atoms with Gasteiger partial charge in [-0.1, -0.05) is 18.2 Å². The first kappa shape index (κ1) is 21.5. The van der Waals surface area contributed by atoms with Crippen LogP contribution in [0.2, 0.25) is 0 Å². The molecule has 5 nitrogen and oxygen atoms in total. The van der Waals surface area contributed by atoms with E-state index in [4.69, 9.17) is 4.99 Å². The van der Waals surface area contributed by atoms with E-state index >= 15 is 0 Å². The van der Waals surface area contributed by atoms with E-state index in [9.17, 15) is 0 Å². The van der Waals surface area contributed by atoms with Gasteiger partial charge in [-0.2, -0.15) is 0 Å². The molecular weight excluding hydrogens is 334 g/mol. The first-order valence-electron chi connectivity index (χ1n) is 10.7. The average Bonchev–Trinajstić information content (AvgIpc) is 2.69. The van der Waals surface area contributed by atoms with E-state index in [1.165, 1.54) is 31.6 Å². The molecule has 1 aromatic carbocycles. The van der Waals surface area contributed by atoms with Gasteiger partial charge in [-0.15, -0.1) is 0 Å². The molecule has 1 heterocycles. The molecule has 27 heavy (non-hydrogen) atoms. The fraction of sp³-hybridized carbons (Fsp3) is 0.682. The molecule has 152 valence electrons. The number of nitrogens with zero attached hydrogens (tertiary/aromatic N) is 3. The van der Waals surface area contributed by atoms with Crippen molar-refractivity contribution < 1.29 is 0 Å². The minimum atomic E-state index is 0.536. The van der Waals surface area contributed by atoms with Crippen molar-refractivity contribution in [3.05, 3.63) is 30.3 Å². The second-order valence-corrected chi connectivity index (χ2v) is 7.58. The normalized spacial score (nSPS) is 16.6. The zero-order valence-electron chi connectivity index (χ0n) is 17.7. The molecule has 1 saturated heterocycles. The Morgan fingerprint density at radius 1 is 1.19 bits per heavy atom. The summed E-state index contributed by atoms with van der Waals surface area (Å²) in [5.41, 5.74) is 1.30. The Kier molecular flexibility index (Phi) is 9.46. The third kappa shape index (κ3) is 7.41. The fourth-order valence-electron chi connectivity index (χ4n) is 3.63. The summed E-state index contributed by atoms with van der Waals surface area (Å²) in [5, 5.41) is 7.06. The van der Waals surface area contributed by atoms with Crippen LogP contribution in [0.3, 0.4) is 0 Å². The number of nitrogens with one attached hydrogen (secondary N) is 2. The molecule has 0 saturated carbocycles. The van der Waals surface area contributed by atoms with Crippen molar-refractivity contribution in [3.63, 3.8) is 0 Å². The standard InChI is InChI=1S/C22H39N5/c1-5-23-22(25-20-13-17-27(18-14-20)19(3)4)24-15-10-16-26(6-2)21-11-8-7-9-12-21/h7-9,11-12,19-20H,5-6,10,13-18H2,1-4H3,(H2,23,24,25). The molecule has 5 heteroatoms. The number of hydrogen-bond donors (Lipinski definition) is 2. The molecule has 0 aromatic heterocycles. The molecule has 1 aliphatic heterocycles. The summed E-state index contributed by atoms with van der Waals surface area (Å²) in [5.74, 6) is 0.975. The number of benzene rings is 1. The van der Waals surface area contributed by atoms with E-state index in [0.717, 1.165) is 38.6 Å². The van der Waals surface area contributed by atoms with Crippen LogP contribution in [0, 0.1) is 0 Å². The number of rotatable bonds is 9. The Hall–Kier alpha value is -1.75. The van der Waals surface area contributed by atoms with E-state index in [2.05, 4.69) is 78.5 Å². The summed E-state index contributed by atoms with van der Waals surface area (Å²) in [6.07, 6.45) is 3.45. The third-order valence-electron chi connectivity index (χ3n) is 5.30. The third-order valence-corrected chi connectivity index (χ3v) is 5.30. The maximum atomic E-state index is 4.82. The van der Waals surface area contributed by atoms with Crippen LogP contribution in [-0.4, -0.2) is 62.2 Å². The van der Waals surface area contributed by atoms with E-state index < -0.39 is 0 Å². The lowest BCUT2D eigenvalue weighted by Crippen LogP contribution is -2.49. The van der Waals surface area contributed by atoms with Crippen LogP contribution in [0.15, 0.2) is 35.3 Å². The van der Waals surface area contributed by atoms with E-state index in [1.807, 2.05) is 0 Å². The topological polar surface area (TPSA) is 42.9 Å². The summed E-state index contributed by atoms with van der Waals surface area (Å²) in [6, 6.07) is 11.8. The number of anilines is 1. The molecule has 0 spiro atoms. The van der Waals surface area contributed by atoms with Gasteiger partial charge in [-0.25, -0.2) is 0 Å². The second-order valence-electron chi connectivity index (χ2n) is 7.58. The smallest absolute Gasteiger partial charge is 0.191 e. The lowest BCUT2D eigenvalue weighted by Gasteiger charge is -2.35. The maximum Gasteiger partial charge on any atom is 0.191 e. The summed E-state index contributed by atoms with van der Waals surface area (Å²) in [4.78, 5) is 9.79. The zero-order chi connectivity index (χ0) is 19.5. The first-order valence-corrected chi connectivity index (χ1v) is 10.7. The summed E-state index contributed by atoms with van der Waals surface area (Å²) in [6.45, 7) is 15.1. The fourth-order valence-corrected chi connectivity index (χ4v) is 3.63. The van der Waals surface area contributed by atoms with Gasteiger partial charge in [-0.3, -0.25) is 4.99 Å². The van der Waals surface area contributed by atoms with Crippen molar-refractivity contribution in [2.24, 2.45) is 4.99 Å². The predicted molar refractivity (Wildman–Crippen MR) is 118 cm³/mol. The minimum Gasteiger partial charge on any atom is -0.372 e. The van der Waals surface area contributed by atoms with Crippen LogP contribution in [0.1, 0.15) is 47.0 Å². The molecule has 1 aliphatic rings. The Balaban J connectivity index is 1.78. The van der Waals surface area contributed by atoms with Gasteiger partial charge in [0, 0.05) is 57.0 Å². The van der Waals surface area contributed by atoms with Crippen molar-refractivity contribution in [2.45, 2.75) is 59.0 Å². The van der Waals surface area contributed by atoms with E-state index in [1.54, 1.807) is 0 Å². The highest BCUT2D eigenvalue weighted by Crippen LogP contribution is 2.14. The van der Waals surface area contributed by atoms with Crippen LogP contribution in [0.25, 0.3) is 0 Å². The largest absolute Gasteiger partial charge is 0.372 e. The van der Waals surface area contributed by atoms with Crippen molar-refractivity contribution in [1.82, 2.24) is 15.5 Å². The summed E-state index contributed by atoms with van der Waals surface area (Å²) < 4.78 is 0. The lowest BCUT2D eigenvalue weighted by atomic mass is 10.0. The summed E-state index contributed by atoms with van der Waals surface area (Å²) >= 11 is 0. The number of piperidine rings is 1. The lowest BCUT2D eigenvalue weighted by molar-refractivity contribution is 0.167. The van der Waals surface area contributed by atoms with Gasteiger partial charge in [0.05, 0.1) is 0 Å². The molecule has 0 atom stereocenters. The van der Waals surface area contributed by atoms with Crippen LogP contribution in [0.4, 0.5) is 5.69 Å². The molecule has 1 fully saturated rings. The Morgan fingerprint density at radius 3 is 2.48 bits per heavy atom. The highest BCUT2D eigenvalue weighted by Gasteiger charge is 2.21. The quantitative estimate of drug-likeness (QED) is 0.396. The molecular formula is C22H39N5. The van der Waals surface area contributed by atoms with Crippen molar-refractivity contribution >= 4 is 11.6 Å².